The molecule has 1 saturated heterocycles. The molecular weight excluding hydrogens is 786 g/mol. The molecule has 1 aliphatic carbocycles. The molecule has 8 rings (SSSR count). The first-order valence-corrected chi connectivity index (χ1v) is 19.2. The molecule has 0 spiro atoms. The molecule has 19 heteroatoms. The summed E-state index contributed by atoms with van der Waals surface area (Å²) in [5.74, 6) is -3.69. The van der Waals surface area contributed by atoms with Crippen LogP contribution in [0.2, 0.25) is 0 Å². The van der Waals surface area contributed by atoms with Crippen LogP contribution in [0.5, 0.6) is 11.5 Å². The number of amides is 1. The predicted octanol–water partition coefficient (Wildman–Crippen LogP) is -0.754. The summed E-state index contributed by atoms with van der Waals surface area (Å²) in [6.45, 7) is -2.13. The number of hydrogen-bond donors (Lipinski definition) is 7. The zero-order chi connectivity index (χ0) is 42.5. The second-order valence-corrected chi connectivity index (χ2v) is 14.9. The Kier molecular flexibility index (Phi) is 11.2. The number of fused-ring (bicyclic) bond motifs is 6. The van der Waals surface area contributed by atoms with Crippen molar-refractivity contribution in [2.75, 3.05) is 38.0 Å². The van der Waals surface area contributed by atoms with Gasteiger partial charge < -0.3 is 65.0 Å². The smallest absolute Gasteiger partial charge is 0.302 e. The third-order valence-electron chi connectivity index (χ3n) is 11.2. The van der Waals surface area contributed by atoms with E-state index in [2.05, 4.69) is 15.0 Å². The number of aliphatic hydroxyl groups is 6. The summed E-state index contributed by atoms with van der Waals surface area (Å²) in [4.78, 5) is 67.5. The van der Waals surface area contributed by atoms with Gasteiger partial charge in [0.15, 0.2) is 40.2 Å². The van der Waals surface area contributed by atoms with Crippen molar-refractivity contribution in [1.29, 1.82) is 0 Å². The van der Waals surface area contributed by atoms with Crippen LogP contribution < -0.4 is 20.1 Å². The fraction of sp³-hybridized carbons (Fsp3) is 0.390. The average Bonchev–Trinajstić information content (AvgIpc) is 3.65. The van der Waals surface area contributed by atoms with Crippen LogP contribution in [0.1, 0.15) is 73.7 Å². The Hall–Kier alpha value is -5.77. The molecule has 19 nitrogen and oxygen atoms in total. The Morgan fingerprint density at radius 3 is 2.58 bits per heavy atom. The third-order valence-corrected chi connectivity index (χ3v) is 11.2. The van der Waals surface area contributed by atoms with Gasteiger partial charge in [0.25, 0.3) is 0 Å². The van der Waals surface area contributed by atoms with Gasteiger partial charge in [-0.05, 0) is 41.8 Å². The molecule has 314 valence electrons. The summed E-state index contributed by atoms with van der Waals surface area (Å²) in [5.41, 5.74) is 4.43. The van der Waals surface area contributed by atoms with Crippen LogP contribution in [0.25, 0.3) is 0 Å². The van der Waals surface area contributed by atoms with Gasteiger partial charge in [0.05, 0.1) is 24.9 Å². The van der Waals surface area contributed by atoms with Crippen molar-refractivity contribution in [3.8, 4) is 11.5 Å². The number of para-hydroxylation sites is 1. The van der Waals surface area contributed by atoms with Crippen LogP contribution in [0.15, 0.2) is 63.5 Å². The first-order valence-electron chi connectivity index (χ1n) is 19.2. The van der Waals surface area contributed by atoms with Gasteiger partial charge in [-0.15, -0.1) is 0 Å². The van der Waals surface area contributed by atoms with Crippen molar-refractivity contribution in [3.05, 3.63) is 87.5 Å². The molecule has 8 N–H and O–H groups in total. The molecule has 0 unspecified atom stereocenters. The Bertz CT molecular complexity index is 2360. The fourth-order valence-electron chi connectivity index (χ4n) is 8.18. The van der Waals surface area contributed by atoms with E-state index in [1.807, 2.05) is 0 Å². The van der Waals surface area contributed by atoms with Crippen LogP contribution >= 0.6 is 0 Å². The number of guanidine groups is 1. The normalized spacial score (nSPS) is 26.6. The van der Waals surface area contributed by atoms with Crippen LogP contribution in [-0.4, -0.2) is 141 Å². The van der Waals surface area contributed by atoms with Gasteiger partial charge in [0.1, 0.15) is 37.9 Å². The number of ketones is 2. The van der Waals surface area contributed by atoms with E-state index in [-0.39, 0.29) is 83.8 Å². The van der Waals surface area contributed by atoms with Gasteiger partial charge in [0, 0.05) is 59.9 Å². The van der Waals surface area contributed by atoms with Gasteiger partial charge in [-0.25, -0.2) is 0 Å². The number of benzene rings is 3. The molecule has 3 aromatic carbocycles. The molecule has 4 heterocycles. The van der Waals surface area contributed by atoms with Crippen molar-refractivity contribution in [3.63, 3.8) is 0 Å². The fourth-order valence-corrected chi connectivity index (χ4v) is 8.18. The highest BCUT2D eigenvalue weighted by Crippen LogP contribution is 2.50. The van der Waals surface area contributed by atoms with E-state index >= 15 is 0 Å². The molecule has 0 saturated carbocycles. The van der Waals surface area contributed by atoms with Crippen molar-refractivity contribution < 1.29 is 68.8 Å². The number of anilines is 1. The zero-order valence-corrected chi connectivity index (χ0v) is 31.8. The Morgan fingerprint density at radius 1 is 1.02 bits per heavy atom. The van der Waals surface area contributed by atoms with E-state index in [9.17, 15) is 49.8 Å². The quantitative estimate of drug-likeness (QED) is 0.0968. The van der Waals surface area contributed by atoms with E-state index < -0.39 is 91.7 Å². The zero-order valence-electron chi connectivity index (χ0n) is 31.8. The lowest BCUT2D eigenvalue weighted by atomic mass is 9.78. The average molecular weight is 828 g/mol. The Labute approximate surface area is 341 Å². The number of nitrogens with zero attached hydrogens (tertiary/aromatic N) is 4. The maximum atomic E-state index is 14.7. The lowest BCUT2D eigenvalue weighted by Gasteiger charge is -2.47. The van der Waals surface area contributed by atoms with Gasteiger partial charge >= 0.3 is 5.91 Å². The first-order chi connectivity index (χ1) is 28.9. The van der Waals surface area contributed by atoms with E-state index in [0.29, 0.717) is 23.1 Å². The minimum absolute atomic E-state index is 0.0102. The Balaban J connectivity index is 1.39. The minimum Gasteiger partial charge on any atom is -0.486 e. The highest BCUT2D eigenvalue weighted by atomic mass is 16.7. The van der Waals surface area contributed by atoms with Crippen LogP contribution in [0.4, 0.5) is 5.69 Å². The number of hydrogen-bond acceptors (Lipinski definition) is 18. The van der Waals surface area contributed by atoms with E-state index in [1.54, 1.807) is 29.2 Å². The minimum atomic E-state index is -2.49. The van der Waals surface area contributed by atoms with Gasteiger partial charge in [-0.1, -0.05) is 24.3 Å². The maximum absolute atomic E-state index is 14.7. The molecule has 5 aliphatic rings. The monoisotopic (exact) mass is 827 g/mol. The van der Waals surface area contributed by atoms with E-state index in [0.717, 1.165) is 0 Å². The van der Waals surface area contributed by atoms with Crippen molar-refractivity contribution in [2.24, 2.45) is 20.7 Å². The largest absolute Gasteiger partial charge is 0.486 e. The van der Waals surface area contributed by atoms with Crippen molar-refractivity contribution >= 4 is 47.0 Å². The summed E-state index contributed by atoms with van der Waals surface area (Å²) in [5, 5.41) is 65.2. The number of aldehydes is 1. The molecule has 0 radical (unpaired) electrons. The van der Waals surface area contributed by atoms with E-state index in [1.165, 1.54) is 24.3 Å². The standard InChI is InChI=1S/C41H41N5O14/c42-40-44-37-30(38(55)45-40)43-18-46(37)27-4-2-1-3-22(27)21-8-12-57-17-28-33(53)36(54)41(56,9-11-48)39(59-28)60-34-25(21)14-26-29(35(34)58-16-20(50)7-10-47)32(52)24-13-19(15-49)5-6-23(24)31(26)51/h1-6,10,13-14,20-21,28,33,36,39,48-50,53-54,56H,7-9,11-12,15-18H2,(H2,42,45,55)/t20-,21+,28+,33+,36-,39-,41+/m1/s1. The molecule has 1 amide bonds. The van der Waals surface area contributed by atoms with E-state index in [4.69, 9.17) is 24.7 Å². The molecule has 0 aromatic heterocycles. The maximum Gasteiger partial charge on any atom is 0.302 e. The second kappa shape index (κ2) is 16.4. The molecule has 7 atom stereocenters. The van der Waals surface area contributed by atoms with Gasteiger partial charge in [-0.2, -0.15) is 9.98 Å². The molecule has 3 aromatic rings. The number of aliphatic hydroxyl groups excluding tert-OH is 5. The van der Waals surface area contributed by atoms with Crippen LogP contribution in [0, 0.1) is 0 Å². The number of rotatable bonds is 10. The number of carbonyl (C=O) groups excluding carboxylic acids is 4. The third kappa shape index (κ3) is 6.97. The topological polar surface area (TPSA) is 293 Å². The SMILES string of the molecule is NC1=NC(=O)C2=NCN(c3ccccc3[C@@H]3CCOC[C@@H]4O[C@H](Oc5c3cc3c(c5OC[C@H](O)CC=O)C(=O)c5cc(CO)ccc5C3=O)[C@](O)(CCO)[C@H](O)[C@H]4O)C2=N1. The molecule has 4 aliphatic heterocycles. The predicted molar refractivity (Wildman–Crippen MR) is 208 cm³/mol. The lowest BCUT2D eigenvalue weighted by molar-refractivity contribution is -0.324. The highest BCUT2D eigenvalue weighted by molar-refractivity contribution is 6.72. The first kappa shape index (κ1) is 41.0. The van der Waals surface area contributed by atoms with Crippen molar-refractivity contribution in [1.82, 2.24) is 0 Å². The second-order valence-electron chi connectivity index (χ2n) is 14.9. The van der Waals surface area contributed by atoms with Crippen LogP contribution in [-0.2, 0) is 25.7 Å². The number of ether oxygens (including phenoxy) is 4. The molecule has 60 heavy (non-hydrogen) atoms. The molecule has 2 bridgehead atoms. The summed E-state index contributed by atoms with van der Waals surface area (Å²) in [7, 11) is 0. The van der Waals surface area contributed by atoms with Gasteiger partial charge in [0.2, 0.25) is 12.2 Å². The van der Waals surface area contributed by atoms with Crippen molar-refractivity contribution in [2.45, 2.75) is 68.1 Å². The molecule has 1 fully saturated rings. The van der Waals surface area contributed by atoms with Gasteiger partial charge in [-0.3, -0.25) is 19.4 Å². The summed E-state index contributed by atoms with van der Waals surface area (Å²) in [6, 6.07) is 12.7. The number of carbonyl (C=O) groups is 4. The number of aliphatic imine (C=N–C) groups is 3. The number of amidine groups is 1. The molecular formula is C41H41N5O14. The highest BCUT2D eigenvalue weighted by Gasteiger charge is 2.57. The number of nitrogens with two attached hydrogens (primary N) is 1. The summed E-state index contributed by atoms with van der Waals surface area (Å²) in [6.07, 6.45) is -8.61. The summed E-state index contributed by atoms with van der Waals surface area (Å²) < 4.78 is 25.0. The Morgan fingerprint density at radius 2 is 1.82 bits per heavy atom. The summed E-state index contributed by atoms with van der Waals surface area (Å²) >= 11 is 0. The lowest BCUT2D eigenvalue weighted by Crippen LogP contribution is -2.68. The van der Waals surface area contributed by atoms with Crippen LogP contribution in [0.3, 0.4) is 0 Å².